The second-order valence-corrected chi connectivity index (χ2v) is 8.48. The monoisotopic (exact) mass is 388 g/mol. The van der Waals surface area contributed by atoms with Gasteiger partial charge in [-0.25, -0.2) is 8.42 Å². The van der Waals surface area contributed by atoms with Crippen molar-refractivity contribution in [3.8, 4) is 0 Å². The van der Waals surface area contributed by atoms with E-state index in [2.05, 4.69) is 19.8 Å². The predicted octanol–water partition coefficient (Wildman–Crippen LogP) is 2.13. The lowest BCUT2D eigenvalue weighted by molar-refractivity contribution is 0.0341. The summed E-state index contributed by atoms with van der Waals surface area (Å²) in [5.74, 6) is 0. The number of morpholine rings is 1. The van der Waals surface area contributed by atoms with Crippen LogP contribution in [0.25, 0.3) is 0 Å². The van der Waals surface area contributed by atoms with Crippen LogP contribution < -0.4 is 4.72 Å². The molecule has 2 heterocycles. The minimum Gasteiger partial charge on any atom is -0.379 e. The molecule has 1 aliphatic rings. The molecule has 0 atom stereocenters. The summed E-state index contributed by atoms with van der Waals surface area (Å²) in [6.07, 6.45) is 0. The minimum atomic E-state index is -3.75. The number of benzene rings is 1. The number of aromatic nitrogens is 2. The SMILES string of the molecule is Cc1c(Cl)cccc1S(=O)(=O)Nc1nnc(CN2CCOCC2)s1. The van der Waals surface area contributed by atoms with Gasteiger partial charge in [0.15, 0.2) is 0 Å². The molecule has 0 radical (unpaired) electrons. The molecule has 130 valence electrons. The largest absolute Gasteiger partial charge is 0.379 e. The zero-order valence-electron chi connectivity index (χ0n) is 13.0. The molecule has 0 bridgehead atoms. The molecule has 1 fully saturated rings. The van der Waals surface area contributed by atoms with Crippen LogP contribution in [0.4, 0.5) is 5.13 Å². The first kappa shape index (κ1) is 17.6. The molecule has 24 heavy (non-hydrogen) atoms. The van der Waals surface area contributed by atoms with Gasteiger partial charge in [0.1, 0.15) is 5.01 Å². The van der Waals surface area contributed by atoms with Crippen LogP contribution >= 0.6 is 22.9 Å². The van der Waals surface area contributed by atoms with Crippen molar-refractivity contribution in [2.24, 2.45) is 0 Å². The topological polar surface area (TPSA) is 84.4 Å². The second-order valence-electron chi connectivity index (χ2n) is 5.36. The summed E-state index contributed by atoms with van der Waals surface area (Å²) in [5.41, 5.74) is 0.504. The molecular formula is C14H17ClN4O3S2. The molecule has 1 N–H and O–H groups in total. The van der Waals surface area contributed by atoms with E-state index >= 15 is 0 Å². The first-order valence-corrected chi connectivity index (χ1v) is 10.0. The van der Waals surface area contributed by atoms with Crippen molar-refractivity contribution >= 4 is 38.1 Å². The van der Waals surface area contributed by atoms with Gasteiger partial charge in [-0.1, -0.05) is 29.0 Å². The summed E-state index contributed by atoms with van der Waals surface area (Å²) in [6, 6.07) is 4.77. The van der Waals surface area contributed by atoms with Crippen LogP contribution in [0.3, 0.4) is 0 Å². The average molecular weight is 389 g/mol. The predicted molar refractivity (Wildman–Crippen MR) is 93.0 cm³/mol. The normalized spacial score (nSPS) is 16.2. The zero-order chi connectivity index (χ0) is 17.2. The fourth-order valence-corrected chi connectivity index (χ4v) is 4.87. The van der Waals surface area contributed by atoms with Gasteiger partial charge in [-0.15, -0.1) is 10.2 Å². The first-order valence-electron chi connectivity index (χ1n) is 7.36. The maximum Gasteiger partial charge on any atom is 0.264 e. The third-order valence-corrected chi connectivity index (χ3v) is 6.50. The van der Waals surface area contributed by atoms with Gasteiger partial charge in [0.05, 0.1) is 24.7 Å². The van der Waals surface area contributed by atoms with Crippen LogP contribution in [-0.4, -0.2) is 49.8 Å². The summed E-state index contributed by atoms with van der Waals surface area (Å²) < 4.78 is 32.8. The molecule has 1 aromatic heterocycles. The second kappa shape index (κ2) is 7.32. The Labute approximate surface area is 149 Å². The van der Waals surface area contributed by atoms with Gasteiger partial charge < -0.3 is 4.74 Å². The van der Waals surface area contributed by atoms with Gasteiger partial charge in [-0.05, 0) is 24.6 Å². The smallest absolute Gasteiger partial charge is 0.264 e. The van der Waals surface area contributed by atoms with Crippen molar-refractivity contribution in [1.82, 2.24) is 15.1 Å². The van der Waals surface area contributed by atoms with Gasteiger partial charge in [0.25, 0.3) is 10.0 Å². The number of hydrogen-bond donors (Lipinski definition) is 1. The highest BCUT2D eigenvalue weighted by Crippen LogP contribution is 2.26. The lowest BCUT2D eigenvalue weighted by Crippen LogP contribution is -2.35. The van der Waals surface area contributed by atoms with Crippen LogP contribution in [0.15, 0.2) is 23.1 Å². The van der Waals surface area contributed by atoms with Crippen molar-refractivity contribution in [1.29, 1.82) is 0 Å². The summed E-state index contributed by atoms with van der Waals surface area (Å²) in [7, 11) is -3.75. The Morgan fingerprint density at radius 2 is 2.08 bits per heavy atom. The Bertz CT molecular complexity index is 819. The van der Waals surface area contributed by atoms with E-state index in [-0.39, 0.29) is 10.0 Å². The molecule has 10 heteroatoms. The van der Waals surface area contributed by atoms with Gasteiger partial charge in [-0.2, -0.15) is 0 Å². The maximum absolute atomic E-state index is 12.5. The molecule has 1 saturated heterocycles. The van der Waals surface area contributed by atoms with E-state index in [0.29, 0.717) is 30.3 Å². The highest BCUT2D eigenvalue weighted by atomic mass is 35.5. The lowest BCUT2D eigenvalue weighted by Gasteiger charge is -2.25. The van der Waals surface area contributed by atoms with E-state index in [1.165, 1.54) is 17.4 Å². The van der Waals surface area contributed by atoms with Crippen LogP contribution in [0.2, 0.25) is 5.02 Å². The van der Waals surface area contributed by atoms with Gasteiger partial charge in [-0.3, -0.25) is 9.62 Å². The van der Waals surface area contributed by atoms with Gasteiger partial charge >= 0.3 is 0 Å². The van der Waals surface area contributed by atoms with Crippen LogP contribution in [0, 0.1) is 6.92 Å². The van der Waals surface area contributed by atoms with E-state index in [0.717, 1.165) is 18.1 Å². The maximum atomic E-state index is 12.5. The Kier molecular flexibility index (Phi) is 5.36. The quantitative estimate of drug-likeness (QED) is 0.844. The van der Waals surface area contributed by atoms with E-state index in [9.17, 15) is 8.42 Å². The molecular weight excluding hydrogens is 372 g/mol. The molecule has 0 saturated carbocycles. The Morgan fingerprint density at radius 3 is 2.83 bits per heavy atom. The third kappa shape index (κ3) is 4.04. The van der Waals surface area contributed by atoms with E-state index in [4.69, 9.17) is 16.3 Å². The van der Waals surface area contributed by atoms with E-state index in [1.54, 1.807) is 19.1 Å². The van der Waals surface area contributed by atoms with Crippen molar-refractivity contribution < 1.29 is 13.2 Å². The van der Waals surface area contributed by atoms with Gasteiger partial charge in [0.2, 0.25) is 5.13 Å². The molecule has 0 spiro atoms. The van der Waals surface area contributed by atoms with Crippen LogP contribution in [0.5, 0.6) is 0 Å². The number of rotatable bonds is 5. The number of halogens is 1. The lowest BCUT2D eigenvalue weighted by atomic mass is 10.2. The van der Waals surface area contributed by atoms with E-state index < -0.39 is 10.0 Å². The summed E-state index contributed by atoms with van der Waals surface area (Å²) >= 11 is 7.23. The highest BCUT2D eigenvalue weighted by Gasteiger charge is 2.21. The summed E-state index contributed by atoms with van der Waals surface area (Å²) in [6.45, 7) is 5.38. The molecule has 0 aliphatic carbocycles. The molecule has 2 aromatic rings. The number of sulfonamides is 1. The van der Waals surface area contributed by atoms with Crippen molar-refractivity contribution in [3.63, 3.8) is 0 Å². The Morgan fingerprint density at radius 1 is 1.33 bits per heavy atom. The molecule has 1 aliphatic heterocycles. The number of anilines is 1. The zero-order valence-corrected chi connectivity index (χ0v) is 15.4. The Balaban J connectivity index is 1.72. The fourth-order valence-electron chi connectivity index (χ4n) is 2.36. The number of nitrogens with zero attached hydrogens (tertiary/aromatic N) is 3. The standard InChI is InChI=1S/C14H17ClN4O3S2/c1-10-11(15)3-2-4-12(10)24(20,21)18-14-17-16-13(23-14)9-19-5-7-22-8-6-19/h2-4H,5-9H2,1H3,(H,17,18). The summed E-state index contributed by atoms with van der Waals surface area (Å²) in [5, 5.41) is 9.41. The third-order valence-electron chi connectivity index (χ3n) is 3.66. The van der Waals surface area contributed by atoms with Crippen molar-refractivity contribution in [2.45, 2.75) is 18.4 Å². The van der Waals surface area contributed by atoms with Crippen molar-refractivity contribution in [2.75, 3.05) is 31.0 Å². The van der Waals surface area contributed by atoms with Crippen LogP contribution in [0.1, 0.15) is 10.6 Å². The molecule has 7 nitrogen and oxygen atoms in total. The first-order chi connectivity index (χ1) is 11.5. The average Bonchev–Trinajstić information content (AvgIpc) is 2.97. The molecule has 3 rings (SSSR count). The number of ether oxygens (including phenoxy) is 1. The molecule has 0 amide bonds. The van der Waals surface area contributed by atoms with Crippen LogP contribution in [-0.2, 0) is 21.3 Å². The number of nitrogens with one attached hydrogen (secondary N) is 1. The van der Waals surface area contributed by atoms with E-state index in [1.807, 2.05) is 0 Å². The number of hydrogen-bond acceptors (Lipinski definition) is 7. The fraction of sp³-hybridized carbons (Fsp3) is 0.429. The van der Waals surface area contributed by atoms with Crippen molar-refractivity contribution in [3.05, 3.63) is 33.8 Å². The van der Waals surface area contributed by atoms with Gasteiger partial charge in [0, 0.05) is 18.1 Å². The highest BCUT2D eigenvalue weighted by molar-refractivity contribution is 7.93. The summed E-state index contributed by atoms with van der Waals surface area (Å²) in [4.78, 5) is 2.34. The Hall–Kier alpha value is -1.26. The molecule has 1 aromatic carbocycles. The molecule has 0 unspecified atom stereocenters. The minimum absolute atomic E-state index is 0.139.